The van der Waals surface area contributed by atoms with Crippen LogP contribution in [0.4, 0.5) is 0 Å². The van der Waals surface area contributed by atoms with Crippen LogP contribution < -0.4 is 0 Å². The highest BCUT2D eigenvalue weighted by Crippen LogP contribution is 2.40. The predicted octanol–water partition coefficient (Wildman–Crippen LogP) is 5.85. The van der Waals surface area contributed by atoms with Crippen LogP contribution in [0, 0.1) is 0 Å². The van der Waals surface area contributed by atoms with E-state index in [9.17, 15) is 0 Å². The Kier molecular flexibility index (Phi) is 3.30. The van der Waals surface area contributed by atoms with Gasteiger partial charge in [-0.25, -0.2) is 15.0 Å². The Bertz CT molecular complexity index is 1460. The molecule has 3 heterocycles. The van der Waals surface area contributed by atoms with Gasteiger partial charge in [-0.2, -0.15) is 0 Å². The number of aromatic nitrogens is 4. The Morgan fingerprint density at radius 3 is 2.54 bits per heavy atom. The Balaban J connectivity index is 1.74. The first-order valence-corrected chi connectivity index (χ1v) is 9.86. The molecule has 0 saturated heterocycles. The zero-order chi connectivity index (χ0) is 18.5. The molecule has 6 aromatic rings. The quantitative estimate of drug-likeness (QED) is 0.379. The van der Waals surface area contributed by atoms with Crippen molar-refractivity contribution in [2.75, 3.05) is 0 Å². The Labute approximate surface area is 164 Å². The van der Waals surface area contributed by atoms with Gasteiger partial charge in [-0.05, 0) is 24.3 Å². The van der Waals surface area contributed by atoms with Gasteiger partial charge in [0.1, 0.15) is 17.7 Å². The van der Waals surface area contributed by atoms with E-state index in [1.54, 1.807) is 12.5 Å². The monoisotopic (exact) mass is 378 g/mol. The maximum atomic E-state index is 4.92. The highest BCUT2D eigenvalue weighted by molar-refractivity contribution is 7.26. The minimum atomic E-state index is 0.791. The molecule has 0 bridgehead atoms. The van der Waals surface area contributed by atoms with Gasteiger partial charge in [-0.15, -0.1) is 11.3 Å². The molecule has 6 rings (SSSR count). The number of imidazole rings is 1. The molecule has 3 aromatic heterocycles. The van der Waals surface area contributed by atoms with Crippen LogP contribution in [0.3, 0.4) is 0 Å². The lowest BCUT2D eigenvalue weighted by Crippen LogP contribution is -1.98. The van der Waals surface area contributed by atoms with E-state index >= 15 is 0 Å². The average Bonchev–Trinajstić information content (AvgIpc) is 3.33. The van der Waals surface area contributed by atoms with E-state index in [0.29, 0.717) is 0 Å². The predicted molar refractivity (Wildman–Crippen MR) is 115 cm³/mol. The molecule has 0 saturated carbocycles. The number of hydrogen-bond acceptors (Lipinski definition) is 4. The van der Waals surface area contributed by atoms with Gasteiger partial charge in [0.15, 0.2) is 5.65 Å². The third-order valence-corrected chi connectivity index (χ3v) is 6.20. The van der Waals surface area contributed by atoms with Crippen LogP contribution in [0.2, 0.25) is 0 Å². The van der Waals surface area contributed by atoms with E-state index in [2.05, 4.69) is 69.1 Å². The van der Waals surface area contributed by atoms with Gasteiger partial charge in [-0.3, -0.25) is 4.57 Å². The van der Waals surface area contributed by atoms with Gasteiger partial charge < -0.3 is 0 Å². The highest BCUT2D eigenvalue weighted by Gasteiger charge is 2.18. The van der Waals surface area contributed by atoms with Crippen molar-refractivity contribution in [2.24, 2.45) is 0 Å². The van der Waals surface area contributed by atoms with E-state index < -0.39 is 0 Å². The van der Waals surface area contributed by atoms with Crippen LogP contribution in [0.15, 0.2) is 85.3 Å². The average molecular weight is 378 g/mol. The minimum Gasteiger partial charge on any atom is -0.277 e. The lowest BCUT2D eigenvalue weighted by molar-refractivity contribution is 1.07. The molecule has 0 fully saturated rings. The molecule has 0 aliphatic heterocycles. The second-order valence-electron chi connectivity index (χ2n) is 6.62. The van der Waals surface area contributed by atoms with Crippen molar-refractivity contribution in [1.82, 2.24) is 19.5 Å². The van der Waals surface area contributed by atoms with Crippen LogP contribution in [0.25, 0.3) is 48.4 Å². The molecule has 0 unspecified atom stereocenters. The lowest BCUT2D eigenvalue weighted by Gasteiger charge is -2.09. The second-order valence-corrected chi connectivity index (χ2v) is 7.67. The SMILES string of the molecule is c1ccc(-n2c(-c3cccc4c3sc3ccccc34)nc3cncnc32)cc1. The normalized spacial score (nSPS) is 11.6. The van der Waals surface area contributed by atoms with Crippen molar-refractivity contribution < 1.29 is 0 Å². The summed E-state index contributed by atoms with van der Waals surface area (Å²) in [6.07, 6.45) is 3.35. The molecule has 0 radical (unpaired) electrons. The summed E-state index contributed by atoms with van der Waals surface area (Å²) in [5.74, 6) is 0.888. The summed E-state index contributed by atoms with van der Waals surface area (Å²) in [6, 6.07) is 25.2. The zero-order valence-electron chi connectivity index (χ0n) is 14.8. The van der Waals surface area contributed by atoms with Gasteiger partial charge in [0, 0.05) is 31.4 Å². The molecule has 0 spiro atoms. The van der Waals surface area contributed by atoms with Crippen molar-refractivity contribution in [3.8, 4) is 17.1 Å². The summed E-state index contributed by atoms with van der Waals surface area (Å²) in [6.45, 7) is 0. The number of thiophene rings is 1. The molecule has 132 valence electrons. The standard InChI is InChI=1S/C23H14N4S/c1-2-7-15(8-3-1)27-22(26-19-13-24-14-25-23(19)27)18-11-6-10-17-16-9-4-5-12-20(16)28-21(17)18/h1-14H. The van der Waals surface area contributed by atoms with Gasteiger partial charge in [0.25, 0.3) is 0 Å². The fourth-order valence-electron chi connectivity index (χ4n) is 3.76. The fourth-order valence-corrected chi connectivity index (χ4v) is 4.97. The smallest absolute Gasteiger partial charge is 0.168 e. The molecule has 0 aliphatic rings. The third-order valence-electron chi connectivity index (χ3n) is 4.98. The summed E-state index contributed by atoms with van der Waals surface area (Å²) < 4.78 is 4.65. The molecule has 3 aromatic carbocycles. The van der Waals surface area contributed by atoms with Crippen LogP contribution in [-0.4, -0.2) is 19.5 Å². The summed E-state index contributed by atoms with van der Waals surface area (Å²) in [5.41, 5.74) is 3.76. The first-order chi connectivity index (χ1) is 13.9. The summed E-state index contributed by atoms with van der Waals surface area (Å²) in [5, 5.41) is 2.54. The topological polar surface area (TPSA) is 43.6 Å². The molecule has 0 N–H and O–H groups in total. The van der Waals surface area contributed by atoms with Crippen molar-refractivity contribution in [3.05, 3.63) is 85.3 Å². The molecular weight excluding hydrogens is 364 g/mol. The number of fused-ring (bicyclic) bond motifs is 4. The van der Waals surface area contributed by atoms with Crippen LogP contribution in [0.5, 0.6) is 0 Å². The number of para-hydroxylation sites is 1. The highest BCUT2D eigenvalue weighted by atomic mass is 32.1. The number of nitrogens with zero attached hydrogens (tertiary/aromatic N) is 4. The van der Waals surface area contributed by atoms with Crippen LogP contribution in [0.1, 0.15) is 0 Å². The van der Waals surface area contributed by atoms with Crippen molar-refractivity contribution in [1.29, 1.82) is 0 Å². The lowest BCUT2D eigenvalue weighted by atomic mass is 10.1. The number of benzene rings is 3. The Hall–Kier alpha value is -3.57. The van der Waals surface area contributed by atoms with Gasteiger partial charge in [0.2, 0.25) is 0 Å². The zero-order valence-corrected chi connectivity index (χ0v) is 15.6. The van der Waals surface area contributed by atoms with E-state index in [4.69, 9.17) is 4.98 Å². The van der Waals surface area contributed by atoms with Gasteiger partial charge in [0.05, 0.1) is 6.20 Å². The Morgan fingerprint density at radius 1 is 0.786 bits per heavy atom. The maximum Gasteiger partial charge on any atom is 0.168 e. The van der Waals surface area contributed by atoms with E-state index in [1.165, 1.54) is 20.2 Å². The van der Waals surface area contributed by atoms with Crippen LogP contribution >= 0.6 is 11.3 Å². The van der Waals surface area contributed by atoms with E-state index in [1.807, 2.05) is 29.5 Å². The molecule has 4 nitrogen and oxygen atoms in total. The fraction of sp³-hybridized carbons (Fsp3) is 0. The van der Waals surface area contributed by atoms with Crippen LogP contribution in [-0.2, 0) is 0 Å². The second kappa shape index (κ2) is 5.97. The van der Waals surface area contributed by atoms with Crippen molar-refractivity contribution in [2.45, 2.75) is 0 Å². The van der Waals surface area contributed by atoms with Crippen molar-refractivity contribution in [3.63, 3.8) is 0 Å². The third kappa shape index (κ3) is 2.20. The number of hydrogen-bond donors (Lipinski definition) is 0. The minimum absolute atomic E-state index is 0.791. The molecule has 0 aliphatic carbocycles. The summed E-state index contributed by atoms with van der Waals surface area (Å²) in [7, 11) is 0. The summed E-state index contributed by atoms with van der Waals surface area (Å²) >= 11 is 1.81. The van der Waals surface area contributed by atoms with E-state index in [0.717, 1.165) is 28.2 Å². The van der Waals surface area contributed by atoms with Crippen molar-refractivity contribution >= 4 is 42.7 Å². The molecular formula is C23H14N4S. The maximum absolute atomic E-state index is 4.92. The largest absolute Gasteiger partial charge is 0.277 e. The molecule has 28 heavy (non-hydrogen) atoms. The van der Waals surface area contributed by atoms with Gasteiger partial charge >= 0.3 is 0 Å². The summed E-state index contributed by atoms with van der Waals surface area (Å²) in [4.78, 5) is 13.6. The first-order valence-electron chi connectivity index (χ1n) is 9.05. The number of rotatable bonds is 2. The molecule has 5 heteroatoms. The Morgan fingerprint density at radius 2 is 1.61 bits per heavy atom. The van der Waals surface area contributed by atoms with Gasteiger partial charge in [-0.1, -0.05) is 48.5 Å². The molecule has 0 amide bonds. The molecule has 0 atom stereocenters. The first kappa shape index (κ1) is 15.5. The van der Waals surface area contributed by atoms with E-state index in [-0.39, 0.29) is 0 Å².